The van der Waals surface area contributed by atoms with Gasteiger partial charge in [-0.3, -0.25) is 14.6 Å². The summed E-state index contributed by atoms with van der Waals surface area (Å²) in [7, 11) is 0. The Balaban J connectivity index is 1.08. The third-order valence-electron chi connectivity index (χ3n) is 6.97. The number of morpholine rings is 1. The summed E-state index contributed by atoms with van der Waals surface area (Å²) in [4.78, 5) is 30.6. The lowest BCUT2D eigenvalue weighted by Gasteiger charge is -2.33. The first kappa shape index (κ1) is 27.1. The lowest BCUT2D eigenvalue weighted by molar-refractivity contribution is 0.00180. The number of nitrogens with zero attached hydrogens (tertiary/aromatic N) is 6. The summed E-state index contributed by atoms with van der Waals surface area (Å²) in [5, 5.41) is 12.8. The van der Waals surface area contributed by atoms with Gasteiger partial charge in [0.1, 0.15) is 16.1 Å². The van der Waals surface area contributed by atoms with E-state index in [1.807, 2.05) is 61.8 Å². The number of benzene rings is 1. The number of nitrogens with one attached hydrogen (secondary N) is 3. The molecule has 12 nitrogen and oxygen atoms in total. The van der Waals surface area contributed by atoms with E-state index in [0.29, 0.717) is 29.3 Å². The minimum absolute atomic E-state index is 0.192. The minimum atomic E-state index is -0.398. The van der Waals surface area contributed by atoms with E-state index in [9.17, 15) is 4.79 Å². The molecule has 214 valence electrons. The van der Waals surface area contributed by atoms with Gasteiger partial charge >= 0.3 is 6.03 Å². The highest BCUT2D eigenvalue weighted by molar-refractivity contribution is 7.23. The molecular weight excluding hydrogens is 542 g/mol. The summed E-state index contributed by atoms with van der Waals surface area (Å²) in [5.41, 5.74) is 3.13. The van der Waals surface area contributed by atoms with Gasteiger partial charge in [-0.05, 0) is 19.1 Å². The summed E-state index contributed by atoms with van der Waals surface area (Å²) in [6.07, 6.45) is 3.82. The number of carbonyl (C=O) groups excluding carboxylic acids is 1. The van der Waals surface area contributed by atoms with Crippen molar-refractivity contribution >= 4 is 50.1 Å². The highest BCUT2D eigenvalue weighted by Gasteiger charge is 2.21. The normalized spacial score (nSPS) is 16.3. The van der Waals surface area contributed by atoms with Crippen molar-refractivity contribution in [3.8, 4) is 11.3 Å². The van der Waals surface area contributed by atoms with Crippen LogP contribution in [0.3, 0.4) is 0 Å². The van der Waals surface area contributed by atoms with Crippen molar-refractivity contribution in [2.75, 3.05) is 48.8 Å². The topological polar surface area (TPSA) is 135 Å². The van der Waals surface area contributed by atoms with E-state index < -0.39 is 6.03 Å². The van der Waals surface area contributed by atoms with Gasteiger partial charge < -0.3 is 19.9 Å². The lowest BCUT2D eigenvalue weighted by Crippen LogP contribution is -2.45. The minimum Gasteiger partial charge on any atom is -0.379 e. The maximum atomic E-state index is 12.4. The van der Waals surface area contributed by atoms with Gasteiger partial charge in [0.05, 0.1) is 25.1 Å². The number of hydrogen-bond donors (Lipinski definition) is 3. The molecule has 1 saturated heterocycles. The van der Waals surface area contributed by atoms with Crippen LogP contribution in [0.1, 0.15) is 33.5 Å². The number of ether oxygens (including phenoxy) is 1. The summed E-state index contributed by atoms with van der Waals surface area (Å²) >= 11 is 1.52. The summed E-state index contributed by atoms with van der Waals surface area (Å²) < 4.78 is 12.8. The fourth-order valence-corrected chi connectivity index (χ4v) is 5.57. The van der Waals surface area contributed by atoms with E-state index in [1.54, 1.807) is 6.07 Å². The van der Waals surface area contributed by atoms with Crippen molar-refractivity contribution in [1.29, 1.82) is 0 Å². The van der Waals surface area contributed by atoms with Crippen molar-refractivity contribution in [3.63, 3.8) is 0 Å². The smallest absolute Gasteiger partial charge is 0.324 e. The zero-order valence-electron chi connectivity index (χ0n) is 23.5. The third kappa shape index (κ3) is 6.01. The molecule has 0 aliphatic carbocycles. The highest BCUT2D eigenvalue weighted by atomic mass is 32.1. The number of carbonyl (C=O) groups is 1. The molecule has 1 aromatic carbocycles. The zero-order chi connectivity index (χ0) is 28.6. The van der Waals surface area contributed by atoms with Gasteiger partial charge in [-0.2, -0.15) is 0 Å². The molecule has 0 radical (unpaired) electrons. The van der Waals surface area contributed by atoms with Gasteiger partial charge in [-0.25, -0.2) is 19.7 Å². The average Bonchev–Trinajstić information content (AvgIpc) is 3.65. The van der Waals surface area contributed by atoms with Crippen LogP contribution >= 0.6 is 11.3 Å². The van der Waals surface area contributed by atoms with Crippen LogP contribution in [0.4, 0.5) is 22.2 Å². The van der Waals surface area contributed by atoms with Crippen LogP contribution in [0.15, 0.2) is 47.2 Å². The molecule has 0 unspecified atom stereocenters. The van der Waals surface area contributed by atoms with Crippen molar-refractivity contribution in [2.24, 2.45) is 0 Å². The molecule has 0 saturated carbocycles. The summed E-state index contributed by atoms with van der Waals surface area (Å²) in [5.74, 6) is 1.68. The number of urea groups is 1. The second kappa shape index (κ2) is 11.1. The predicted molar refractivity (Wildman–Crippen MR) is 160 cm³/mol. The Labute approximate surface area is 241 Å². The first-order chi connectivity index (χ1) is 19.7. The molecule has 1 aliphatic rings. The average molecular weight is 576 g/mol. The molecular formula is C28H33N9O3S. The van der Waals surface area contributed by atoms with Crippen molar-refractivity contribution < 1.29 is 14.1 Å². The van der Waals surface area contributed by atoms with E-state index in [1.165, 1.54) is 11.3 Å². The Morgan fingerprint density at radius 3 is 2.76 bits per heavy atom. The Morgan fingerprint density at radius 1 is 1.17 bits per heavy atom. The lowest BCUT2D eigenvalue weighted by atomic mass is 9.93. The third-order valence-corrected chi connectivity index (χ3v) is 7.94. The van der Waals surface area contributed by atoms with E-state index in [2.05, 4.69) is 37.9 Å². The first-order valence-corrected chi connectivity index (χ1v) is 14.4. The summed E-state index contributed by atoms with van der Waals surface area (Å²) in [6, 6.07) is 9.27. The first-order valence-electron chi connectivity index (χ1n) is 13.6. The highest BCUT2D eigenvalue weighted by Crippen LogP contribution is 2.29. The van der Waals surface area contributed by atoms with Crippen LogP contribution < -0.4 is 16.0 Å². The van der Waals surface area contributed by atoms with Crippen molar-refractivity contribution in [2.45, 2.75) is 39.2 Å². The molecule has 1 fully saturated rings. The van der Waals surface area contributed by atoms with Crippen LogP contribution in [0.2, 0.25) is 0 Å². The predicted octanol–water partition coefficient (Wildman–Crippen LogP) is 5.07. The monoisotopic (exact) mass is 575 g/mol. The van der Waals surface area contributed by atoms with Crippen LogP contribution in [-0.4, -0.2) is 74.3 Å². The van der Waals surface area contributed by atoms with Crippen LogP contribution in [-0.2, 0) is 10.2 Å². The van der Waals surface area contributed by atoms with Crippen molar-refractivity contribution in [3.05, 3.63) is 48.5 Å². The fraction of sp³-hybridized carbons (Fsp3) is 0.393. The number of anilines is 3. The van der Waals surface area contributed by atoms with Gasteiger partial charge in [0.25, 0.3) is 0 Å². The Morgan fingerprint density at radius 2 is 2.00 bits per heavy atom. The molecule has 6 rings (SSSR count). The second-order valence-corrected chi connectivity index (χ2v) is 12.1. The summed E-state index contributed by atoms with van der Waals surface area (Å²) in [6.45, 7) is 12.4. The Kier molecular flexibility index (Phi) is 7.32. The molecule has 0 spiro atoms. The number of hydrogen-bond acceptors (Lipinski definition) is 10. The molecule has 4 aromatic heterocycles. The fourth-order valence-electron chi connectivity index (χ4n) is 4.61. The molecule has 2 amide bonds. The molecule has 0 bridgehead atoms. The van der Waals surface area contributed by atoms with Gasteiger partial charge in [0.15, 0.2) is 10.8 Å². The largest absolute Gasteiger partial charge is 0.379 e. The number of rotatable bonds is 7. The quantitative estimate of drug-likeness (QED) is 0.243. The number of imidazole rings is 1. The number of fused-ring (bicyclic) bond motifs is 3. The maximum absolute atomic E-state index is 12.4. The van der Waals surface area contributed by atoms with Crippen LogP contribution in [0.5, 0.6) is 0 Å². The molecule has 13 heteroatoms. The van der Waals surface area contributed by atoms with E-state index in [4.69, 9.17) is 19.2 Å². The standard InChI is InChI=1S/C28H33N9O3S/c1-17-16-39-12-11-36(17)10-9-29-25-30-14-21-24(34-25)41-27-32-20(15-37(21)27)18-5-7-19(8-6-18)31-26(38)33-23-13-22(40-35-23)28(2,3)4/h5-8,13-15,17H,9-12,16H2,1-4H3,(H,29,30,34)(H2,31,33,35,38)/t17-/m0/s1. The van der Waals surface area contributed by atoms with Gasteiger partial charge in [0.2, 0.25) is 5.95 Å². The van der Waals surface area contributed by atoms with E-state index in [0.717, 1.165) is 59.4 Å². The Bertz CT molecular complexity index is 1670. The molecule has 5 aromatic rings. The van der Waals surface area contributed by atoms with Gasteiger partial charge in [-0.15, -0.1) is 0 Å². The molecule has 5 heterocycles. The molecule has 1 atom stereocenters. The zero-order valence-corrected chi connectivity index (χ0v) is 24.3. The Hall–Kier alpha value is -4.07. The number of thiazole rings is 1. The molecule has 41 heavy (non-hydrogen) atoms. The number of amides is 2. The maximum Gasteiger partial charge on any atom is 0.324 e. The van der Waals surface area contributed by atoms with E-state index in [-0.39, 0.29) is 5.41 Å². The van der Waals surface area contributed by atoms with Crippen molar-refractivity contribution in [1.82, 2.24) is 29.4 Å². The van der Waals surface area contributed by atoms with Crippen LogP contribution in [0, 0.1) is 0 Å². The van der Waals surface area contributed by atoms with Crippen LogP contribution in [0.25, 0.3) is 26.6 Å². The molecule has 1 aliphatic heterocycles. The van der Waals surface area contributed by atoms with Gasteiger partial charge in [0, 0.05) is 54.6 Å². The SMILES string of the molecule is C[C@H]1COCCN1CCNc1ncc2c(n1)sc1nc(-c3ccc(NC(=O)Nc4cc(C(C)(C)C)on4)cc3)cn12. The van der Waals surface area contributed by atoms with E-state index >= 15 is 0 Å². The second-order valence-electron chi connectivity index (χ2n) is 11.1. The number of aromatic nitrogens is 5. The molecule has 3 N–H and O–H groups in total. The van der Waals surface area contributed by atoms with Gasteiger partial charge in [-0.1, -0.05) is 49.4 Å².